The molecule has 2 aliphatic rings. The number of morpholine rings is 1. The van der Waals surface area contributed by atoms with Gasteiger partial charge in [0.1, 0.15) is 0 Å². The number of nitrogens with one attached hydrogen (secondary N) is 1. The summed E-state index contributed by atoms with van der Waals surface area (Å²) < 4.78 is 5.54. The fourth-order valence-electron chi connectivity index (χ4n) is 3.97. The molecule has 0 aliphatic carbocycles. The van der Waals surface area contributed by atoms with Crippen molar-refractivity contribution in [3.05, 3.63) is 0 Å². The van der Waals surface area contributed by atoms with Crippen molar-refractivity contribution in [3.8, 4) is 0 Å². The highest BCUT2D eigenvalue weighted by atomic mass is 16.5. The number of nitrogens with zero attached hydrogens (tertiary/aromatic N) is 3. The first-order valence-electron chi connectivity index (χ1n) is 9.30. The monoisotopic (exact) mass is 324 g/mol. The van der Waals surface area contributed by atoms with Gasteiger partial charge in [-0.25, -0.2) is 0 Å². The molecule has 3 unspecified atom stereocenters. The van der Waals surface area contributed by atoms with E-state index in [2.05, 4.69) is 47.8 Å². The molecule has 2 rings (SSSR count). The smallest absolute Gasteiger partial charge is 0.193 e. The van der Waals surface area contributed by atoms with E-state index in [9.17, 15) is 0 Å². The van der Waals surface area contributed by atoms with Gasteiger partial charge in [-0.05, 0) is 38.5 Å². The zero-order chi connectivity index (χ0) is 16.8. The Morgan fingerprint density at radius 3 is 2.74 bits per heavy atom. The molecule has 2 fully saturated rings. The van der Waals surface area contributed by atoms with Crippen molar-refractivity contribution >= 4 is 5.96 Å². The molecular weight excluding hydrogens is 288 g/mol. The summed E-state index contributed by atoms with van der Waals surface area (Å²) in [5.41, 5.74) is 0. The summed E-state index contributed by atoms with van der Waals surface area (Å²) in [5, 5.41) is 3.60. The van der Waals surface area contributed by atoms with Crippen molar-refractivity contribution in [2.75, 3.05) is 46.4 Å². The molecule has 23 heavy (non-hydrogen) atoms. The van der Waals surface area contributed by atoms with Gasteiger partial charge in [-0.3, -0.25) is 9.89 Å². The summed E-state index contributed by atoms with van der Waals surface area (Å²) in [5.74, 6) is 2.69. The van der Waals surface area contributed by atoms with Gasteiger partial charge in [-0.15, -0.1) is 0 Å². The minimum Gasteiger partial charge on any atom is -0.379 e. The van der Waals surface area contributed by atoms with Crippen LogP contribution < -0.4 is 5.32 Å². The molecule has 5 nitrogen and oxygen atoms in total. The third kappa shape index (κ3) is 5.35. The van der Waals surface area contributed by atoms with E-state index in [1.807, 2.05) is 7.05 Å². The Morgan fingerprint density at radius 1 is 1.30 bits per heavy atom. The Bertz CT molecular complexity index is 385. The summed E-state index contributed by atoms with van der Waals surface area (Å²) >= 11 is 0. The second kappa shape index (κ2) is 8.88. The largest absolute Gasteiger partial charge is 0.379 e. The number of guanidine groups is 1. The van der Waals surface area contributed by atoms with E-state index < -0.39 is 0 Å². The Hall–Kier alpha value is -0.810. The third-order valence-corrected chi connectivity index (χ3v) is 5.14. The molecule has 2 saturated heterocycles. The predicted molar refractivity (Wildman–Crippen MR) is 96.9 cm³/mol. The van der Waals surface area contributed by atoms with Crippen molar-refractivity contribution in [3.63, 3.8) is 0 Å². The summed E-state index contributed by atoms with van der Waals surface area (Å²) in [7, 11) is 1.90. The average molecular weight is 325 g/mol. The highest BCUT2D eigenvalue weighted by molar-refractivity contribution is 5.80. The van der Waals surface area contributed by atoms with E-state index in [0.717, 1.165) is 57.2 Å². The number of hydrogen-bond donors (Lipinski definition) is 1. The molecule has 0 aromatic heterocycles. The van der Waals surface area contributed by atoms with Crippen LogP contribution in [0.2, 0.25) is 0 Å². The SMILES string of the molecule is CN=C(NCC(C)N1CCOCC1C)N1CCC(CC(C)C)C1. The quantitative estimate of drug-likeness (QED) is 0.621. The zero-order valence-corrected chi connectivity index (χ0v) is 15.7. The Kier molecular flexibility index (Phi) is 7.15. The van der Waals surface area contributed by atoms with E-state index in [-0.39, 0.29) is 0 Å². The van der Waals surface area contributed by atoms with Gasteiger partial charge < -0.3 is 15.0 Å². The van der Waals surface area contributed by atoms with Crippen LogP contribution in [0.4, 0.5) is 0 Å². The van der Waals surface area contributed by atoms with Crippen molar-refractivity contribution < 1.29 is 4.74 Å². The summed E-state index contributed by atoms with van der Waals surface area (Å²) in [6.07, 6.45) is 2.63. The lowest BCUT2D eigenvalue weighted by atomic mass is 9.97. The fraction of sp³-hybridized carbons (Fsp3) is 0.944. The lowest BCUT2D eigenvalue weighted by Crippen LogP contribution is -2.53. The molecular formula is C18H36N4O. The number of likely N-dealkylation sites (tertiary alicyclic amines) is 1. The van der Waals surface area contributed by atoms with Crippen LogP contribution in [-0.4, -0.2) is 74.3 Å². The molecule has 0 spiro atoms. The fourth-order valence-corrected chi connectivity index (χ4v) is 3.97. The first-order valence-corrected chi connectivity index (χ1v) is 9.30. The summed E-state index contributed by atoms with van der Waals surface area (Å²) in [6.45, 7) is 15.2. The molecule has 1 N–H and O–H groups in total. The highest BCUT2D eigenvalue weighted by Gasteiger charge is 2.27. The van der Waals surface area contributed by atoms with Gasteiger partial charge in [0.25, 0.3) is 0 Å². The Balaban J connectivity index is 1.79. The van der Waals surface area contributed by atoms with Crippen LogP contribution >= 0.6 is 0 Å². The van der Waals surface area contributed by atoms with Crippen LogP contribution in [0.3, 0.4) is 0 Å². The van der Waals surface area contributed by atoms with E-state index in [1.54, 1.807) is 0 Å². The van der Waals surface area contributed by atoms with Crippen molar-refractivity contribution in [1.82, 2.24) is 15.1 Å². The lowest BCUT2D eigenvalue weighted by molar-refractivity contribution is -0.0175. The van der Waals surface area contributed by atoms with Gasteiger partial charge in [-0.1, -0.05) is 13.8 Å². The van der Waals surface area contributed by atoms with Crippen LogP contribution in [0, 0.1) is 11.8 Å². The standard InChI is InChI=1S/C18H36N4O/c1-14(2)10-17-6-7-21(12-17)18(19-5)20-11-15(3)22-8-9-23-13-16(22)4/h14-17H,6-13H2,1-5H3,(H,19,20). The van der Waals surface area contributed by atoms with Crippen LogP contribution in [0.25, 0.3) is 0 Å². The number of hydrogen-bond acceptors (Lipinski definition) is 3. The van der Waals surface area contributed by atoms with E-state index in [1.165, 1.54) is 12.8 Å². The van der Waals surface area contributed by atoms with Gasteiger partial charge >= 0.3 is 0 Å². The van der Waals surface area contributed by atoms with Crippen molar-refractivity contribution in [2.45, 2.75) is 52.6 Å². The topological polar surface area (TPSA) is 40.1 Å². The van der Waals surface area contributed by atoms with Gasteiger partial charge in [0.2, 0.25) is 0 Å². The molecule has 2 aliphatic heterocycles. The van der Waals surface area contributed by atoms with Gasteiger partial charge in [0.15, 0.2) is 5.96 Å². The average Bonchev–Trinajstić information content (AvgIpc) is 2.95. The highest BCUT2D eigenvalue weighted by Crippen LogP contribution is 2.23. The maximum atomic E-state index is 5.54. The van der Waals surface area contributed by atoms with Crippen LogP contribution in [0.1, 0.15) is 40.5 Å². The molecule has 0 aromatic carbocycles. The molecule has 0 bridgehead atoms. The maximum Gasteiger partial charge on any atom is 0.193 e. The predicted octanol–water partition coefficient (Wildman–Crippen LogP) is 2.04. The van der Waals surface area contributed by atoms with Gasteiger partial charge in [0, 0.05) is 45.3 Å². The van der Waals surface area contributed by atoms with Crippen LogP contribution in [0.15, 0.2) is 4.99 Å². The molecule has 2 heterocycles. The number of aliphatic imine (C=N–C) groups is 1. The van der Waals surface area contributed by atoms with Crippen LogP contribution in [0.5, 0.6) is 0 Å². The molecule has 3 atom stereocenters. The summed E-state index contributed by atoms with van der Waals surface area (Å²) in [4.78, 5) is 9.48. The Labute approximate surface area is 142 Å². The van der Waals surface area contributed by atoms with E-state index >= 15 is 0 Å². The van der Waals surface area contributed by atoms with Crippen molar-refractivity contribution in [1.29, 1.82) is 0 Å². The van der Waals surface area contributed by atoms with Gasteiger partial charge in [-0.2, -0.15) is 0 Å². The van der Waals surface area contributed by atoms with E-state index in [4.69, 9.17) is 4.74 Å². The first kappa shape index (κ1) is 18.5. The minimum atomic E-state index is 0.500. The van der Waals surface area contributed by atoms with E-state index in [0.29, 0.717) is 12.1 Å². The van der Waals surface area contributed by atoms with Crippen molar-refractivity contribution in [2.24, 2.45) is 16.8 Å². The molecule has 0 radical (unpaired) electrons. The maximum absolute atomic E-state index is 5.54. The summed E-state index contributed by atoms with van der Waals surface area (Å²) in [6, 6.07) is 1.00. The minimum absolute atomic E-state index is 0.500. The lowest BCUT2D eigenvalue weighted by Gasteiger charge is -2.38. The van der Waals surface area contributed by atoms with Crippen LogP contribution in [-0.2, 0) is 4.74 Å². The molecule has 0 amide bonds. The van der Waals surface area contributed by atoms with Gasteiger partial charge in [0.05, 0.1) is 13.2 Å². The molecule has 0 saturated carbocycles. The number of rotatable bonds is 5. The second-order valence-electron chi connectivity index (χ2n) is 7.67. The molecule has 0 aromatic rings. The number of ether oxygens (including phenoxy) is 1. The normalized spacial score (nSPS) is 28.4. The zero-order valence-electron chi connectivity index (χ0n) is 15.7. The molecule has 5 heteroatoms. The third-order valence-electron chi connectivity index (χ3n) is 5.14. The Morgan fingerprint density at radius 2 is 2.09 bits per heavy atom. The second-order valence-corrected chi connectivity index (χ2v) is 7.67. The first-order chi connectivity index (χ1) is 11.0. The molecule has 134 valence electrons.